The molecule has 0 bridgehead atoms. The number of nitrogens with two attached hydrogens (primary N) is 1. The van der Waals surface area contributed by atoms with E-state index in [1.165, 1.54) is 0 Å². The fraction of sp³-hybridized carbons (Fsp3) is 0.235. The van der Waals surface area contributed by atoms with E-state index in [-0.39, 0.29) is 6.04 Å². The van der Waals surface area contributed by atoms with Gasteiger partial charge in [-0.05, 0) is 36.2 Å². The summed E-state index contributed by atoms with van der Waals surface area (Å²) in [5.74, 6) is 0.439. The number of carbonyl (C=O) groups excluding carboxylic acids is 1. The monoisotopic (exact) mass is 284 g/mol. The Morgan fingerprint density at radius 1 is 1.19 bits per heavy atom. The molecule has 1 amide bonds. The summed E-state index contributed by atoms with van der Waals surface area (Å²) in [5, 5.41) is 3.40. The Balaban J connectivity index is 2.03. The van der Waals surface area contributed by atoms with Crippen molar-refractivity contribution in [3.63, 3.8) is 0 Å². The quantitative estimate of drug-likeness (QED) is 0.857. The van der Waals surface area contributed by atoms with Gasteiger partial charge in [0, 0.05) is 18.2 Å². The lowest BCUT2D eigenvalue weighted by Gasteiger charge is -2.16. The largest absolute Gasteiger partial charge is 0.497 e. The number of primary amides is 1. The van der Waals surface area contributed by atoms with E-state index in [1.54, 1.807) is 13.2 Å². The average molecular weight is 284 g/mol. The van der Waals surface area contributed by atoms with E-state index < -0.39 is 5.91 Å². The predicted molar refractivity (Wildman–Crippen MR) is 83.2 cm³/mol. The number of amides is 1. The Hall–Kier alpha value is -2.33. The molecular weight excluding hydrogens is 264 g/mol. The van der Waals surface area contributed by atoms with Gasteiger partial charge in [-0.3, -0.25) is 4.79 Å². The molecule has 0 heterocycles. The highest BCUT2D eigenvalue weighted by molar-refractivity contribution is 5.94. The highest BCUT2D eigenvalue weighted by atomic mass is 16.5. The molecule has 0 saturated heterocycles. The van der Waals surface area contributed by atoms with E-state index in [2.05, 4.69) is 12.2 Å². The molecule has 0 fully saturated rings. The summed E-state index contributed by atoms with van der Waals surface area (Å²) in [6.45, 7) is 2.67. The number of ether oxygens (including phenoxy) is 1. The summed E-state index contributed by atoms with van der Waals surface area (Å²) in [6.07, 6.45) is 0. The molecule has 0 aliphatic heterocycles. The van der Waals surface area contributed by atoms with Crippen LogP contribution in [0.4, 0.5) is 0 Å². The van der Waals surface area contributed by atoms with Gasteiger partial charge in [0.2, 0.25) is 5.91 Å². The smallest absolute Gasteiger partial charge is 0.249 e. The summed E-state index contributed by atoms with van der Waals surface area (Å²) >= 11 is 0. The fourth-order valence-corrected chi connectivity index (χ4v) is 2.19. The lowest BCUT2D eigenvalue weighted by Crippen LogP contribution is -2.21. The average Bonchev–Trinajstić information content (AvgIpc) is 2.52. The van der Waals surface area contributed by atoms with Gasteiger partial charge in [-0.15, -0.1) is 0 Å². The Kier molecular flexibility index (Phi) is 4.95. The highest BCUT2D eigenvalue weighted by Gasteiger charge is 2.09. The van der Waals surface area contributed by atoms with E-state index in [4.69, 9.17) is 10.5 Å². The zero-order valence-electron chi connectivity index (χ0n) is 12.3. The third-order valence-corrected chi connectivity index (χ3v) is 3.50. The van der Waals surface area contributed by atoms with Gasteiger partial charge < -0.3 is 15.8 Å². The summed E-state index contributed by atoms with van der Waals surface area (Å²) in [7, 11) is 1.65. The molecule has 1 unspecified atom stereocenters. The minimum atomic E-state index is -0.399. The maximum absolute atomic E-state index is 11.4. The van der Waals surface area contributed by atoms with Crippen LogP contribution in [0.15, 0.2) is 48.5 Å². The van der Waals surface area contributed by atoms with Crippen LogP contribution in [0.1, 0.15) is 34.5 Å². The third-order valence-electron chi connectivity index (χ3n) is 3.50. The maximum Gasteiger partial charge on any atom is 0.249 e. The molecule has 4 heteroatoms. The second kappa shape index (κ2) is 6.90. The zero-order chi connectivity index (χ0) is 15.2. The Labute approximate surface area is 124 Å². The number of hydrogen-bond donors (Lipinski definition) is 2. The molecule has 0 aliphatic rings. The Morgan fingerprint density at radius 3 is 2.48 bits per heavy atom. The van der Waals surface area contributed by atoms with Crippen molar-refractivity contribution in [2.24, 2.45) is 5.73 Å². The minimum Gasteiger partial charge on any atom is -0.497 e. The van der Waals surface area contributed by atoms with Gasteiger partial charge >= 0.3 is 0 Å². The van der Waals surface area contributed by atoms with Crippen LogP contribution in [-0.4, -0.2) is 13.0 Å². The molecule has 4 nitrogen and oxygen atoms in total. The number of carbonyl (C=O) groups is 1. The highest BCUT2D eigenvalue weighted by Crippen LogP contribution is 2.18. The number of hydrogen-bond acceptors (Lipinski definition) is 3. The SMILES string of the molecule is COc1ccc(C(C)NCc2ccccc2C(N)=O)cc1. The van der Waals surface area contributed by atoms with Gasteiger partial charge in [-0.1, -0.05) is 30.3 Å². The second-order valence-electron chi connectivity index (χ2n) is 4.90. The summed E-state index contributed by atoms with van der Waals surface area (Å²) in [5.41, 5.74) is 8.01. The van der Waals surface area contributed by atoms with Crippen LogP contribution in [0.3, 0.4) is 0 Å². The summed E-state index contributed by atoms with van der Waals surface area (Å²) < 4.78 is 5.15. The van der Waals surface area contributed by atoms with Gasteiger partial charge in [-0.2, -0.15) is 0 Å². The van der Waals surface area contributed by atoms with Crippen LogP contribution in [0, 0.1) is 0 Å². The van der Waals surface area contributed by atoms with Gasteiger partial charge in [0.15, 0.2) is 0 Å². The van der Waals surface area contributed by atoms with Crippen molar-refractivity contribution in [2.45, 2.75) is 19.5 Å². The Bertz CT molecular complexity index is 608. The van der Waals surface area contributed by atoms with Gasteiger partial charge in [0.1, 0.15) is 5.75 Å². The number of methoxy groups -OCH3 is 1. The molecule has 0 aromatic heterocycles. The predicted octanol–water partition coefficient (Wildman–Crippen LogP) is 2.64. The molecule has 2 aromatic rings. The van der Waals surface area contributed by atoms with Crippen molar-refractivity contribution < 1.29 is 9.53 Å². The van der Waals surface area contributed by atoms with Crippen molar-refractivity contribution in [2.75, 3.05) is 7.11 Å². The van der Waals surface area contributed by atoms with Gasteiger partial charge in [0.25, 0.3) is 0 Å². The Morgan fingerprint density at radius 2 is 1.86 bits per heavy atom. The molecule has 0 aliphatic carbocycles. The summed E-state index contributed by atoms with van der Waals surface area (Å²) in [4.78, 5) is 11.4. The van der Waals surface area contributed by atoms with Crippen LogP contribution < -0.4 is 15.8 Å². The third kappa shape index (κ3) is 3.83. The van der Waals surface area contributed by atoms with Crippen molar-refractivity contribution >= 4 is 5.91 Å². The first-order valence-corrected chi connectivity index (χ1v) is 6.87. The molecule has 2 aromatic carbocycles. The first-order chi connectivity index (χ1) is 10.1. The lowest BCUT2D eigenvalue weighted by molar-refractivity contribution is 0.0999. The van der Waals surface area contributed by atoms with Crippen molar-refractivity contribution in [1.82, 2.24) is 5.32 Å². The lowest BCUT2D eigenvalue weighted by atomic mass is 10.1. The van der Waals surface area contributed by atoms with Gasteiger partial charge in [-0.25, -0.2) is 0 Å². The molecule has 3 N–H and O–H groups in total. The second-order valence-corrected chi connectivity index (χ2v) is 4.90. The van der Waals surface area contributed by atoms with Gasteiger partial charge in [0.05, 0.1) is 7.11 Å². The van der Waals surface area contributed by atoms with E-state index in [0.717, 1.165) is 16.9 Å². The fourth-order valence-electron chi connectivity index (χ4n) is 2.19. The molecule has 21 heavy (non-hydrogen) atoms. The molecule has 0 radical (unpaired) electrons. The first kappa shape index (κ1) is 15.1. The molecule has 0 spiro atoms. The van der Waals surface area contributed by atoms with E-state index in [9.17, 15) is 4.79 Å². The van der Waals surface area contributed by atoms with Crippen molar-refractivity contribution in [3.8, 4) is 5.75 Å². The summed E-state index contributed by atoms with van der Waals surface area (Å²) in [6, 6.07) is 15.5. The van der Waals surface area contributed by atoms with E-state index in [1.807, 2.05) is 42.5 Å². The van der Waals surface area contributed by atoms with Crippen molar-refractivity contribution in [1.29, 1.82) is 0 Å². The number of benzene rings is 2. The first-order valence-electron chi connectivity index (χ1n) is 6.87. The van der Waals surface area contributed by atoms with Crippen molar-refractivity contribution in [3.05, 3.63) is 65.2 Å². The molecule has 1 atom stereocenters. The molecule has 2 rings (SSSR count). The number of rotatable bonds is 6. The van der Waals surface area contributed by atoms with Crippen LogP contribution in [0.2, 0.25) is 0 Å². The maximum atomic E-state index is 11.4. The topological polar surface area (TPSA) is 64.3 Å². The van der Waals surface area contributed by atoms with Crippen LogP contribution in [0.25, 0.3) is 0 Å². The standard InChI is InChI=1S/C17H20N2O2/c1-12(13-7-9-15(21-2)10-8-13)19-11-14-5-3-4-6-16(14)17(18)20/h3-10,12,19H,11H2,1-2H3,(H2,18,20). The molecular formula is C17H20N2O2. The van der Waals surface area contributed by atoms with E-state index >= 15 is 0 Å². The molecule has 0 saturated carbocycles. The van der Waals surface area contributed by atoms with Crippen LogP contribution in [0.5, 0.6) is 5.75 Å². The van der Waals surface area contributed by atoms with Crippen LogP contribution in [-0.2, 0) is 6.54 Å². The number of nitrogens with one attached hydrogen (secondary N) is 1. The van der Waals surface area contributed by atoms with E-state index in [0.29, 0.717) is 12.1 Å². The minimum absolute atomic E-state index is 0.164. The zero-order valence-corrected chi connectivity index (χ0v) is 12.3. The normalized spacial score (nSPS) is 11.9. The van der Waals surface area contributed by atoms with Crippen LogP contribution >= 0.6 is 0 Å². The molecule has 110 valence electrons.